The zero-order chi connectivity index (χ0) is 24.4. The molecule has 3 aromatic carbocycles. The van der Waals surface area contributed by atoms with Crippen LogP contribution in [0.25, 0.3) is 0 Å². The third-order valence-electron chi connectivity index (χ3n) is 5.38. The van der Waals surface area contributed by atoms with Crippen molar-refractivity contribution in [3.63, 3.8) is 0 Å². The molecule has 0 aromatic heterocycles. The molecule has 0 saturated carbocycles. The first-order valence-electron chi connectivity index (χ1n) is 10.5. The SMILES string of the molecule is COc1cccc(NC(=O)c2ccc(NC3=C(Cl)C(=O)N(c4cc(C)ccc4C)C3=O)cc2)c1. The summed E-state index contributed by atoms with van der Waals surface area (Å²) in [4.78, 5) is 39.4. The molecule has 0 aliphatic carbocycles. The molecule has 3 aromatic rings. The third-order valence-corrected chi connectivity index (χ3v) is 5.73. The monoisotopic (exact) mass is 475 g/mol. The van der Waals surface area contributed by atoms with Gasteiger partial charge in [-0.2, -0.15) is 0 Å². The van der Waals surface area contributed by atoms with Crippen LogP contribution >= 0.6 is 11.6 Å². The van der Waals surface area contributed by atoms with Crippen LogP contribution in [0.3, 0.4) is 0 Å². The fraction of sp³-hybridized carbons (Fsp3) is 0.115. The number of imide groups is 1. The molecule has 0 radical (unpaired) electrons. The van der Waals surface area contributed by atoms with Crippen LogP contribution in [0.2, 0.25) is 0 Å². The van der Waals surface area contributed by atoms with Crippen LogP contribution in [0.15, 0.2) is 77.5 Å². The van der Waals surface area contributed by atoms with Crippen LogP contribution < -0.4 is 20.3 Å². The fourth-order valence-electron chi connectivity index (χ4n) is 3.54. The van der Waals surface area contributed by atoms with Crippen LogP contribution in [0, 0.1) is 13.8 Å². The first-order valence-corrected chi connectivity index (χ1v) is 10.8. The molecule has 172 valence electrons. The Morgan fingerprint density at radius 2 is 1.65 bits per heavy atom. The van der Waals surface area contributed by atoms with Gasteiger partial charge in [-0.25, -0.2) is 4.90 Å². The standard InChI is InChI=1S/C26H22ClN3O4/c1-15-7-8-16(2)21(13-15)30-25(32)22(27)23(26(30)33)28-18-11-9-17(10-12-18)24(31)29-19-5-4-6-20(14-19)34-3/h4-14,28H,1-3H3,(H,29,31). The second-order valence-corrected chi connectivity index (χ2v) is 8.19. The molecule has 0 unspecified atom stereocenters. The molecule has 2 N–H and O–H groups in total. The summed E-state index contributed by atoms with van der Waals surface area (Å²) in [6.45, 7) is 3.71. The Kier molecular flexibility index (Phi) is 6.38. The molecule has 7 nitrogen and oxygen atoms in total. The van der Waals surface area contributed by atoms with Crippen LogP contribution in [-0.2, 0) is 9.59 Å². The lowest BCUT2D eigenvalue weighted by atomic mass is 10.1. The average molecular weight is 476 g/mol. The number of nitrogens with zero attached hydrogens (tertiary/aromatic N) is 1. The molecular formula is C26H22ClN3O4. The lowest BCUT2D eigenvalue weighted by Gasteiger charge is -2.18. The quantitative estimate of drug-likeness (QED) is 0.490. The van der Waals surface area contributed by atoms with Crippen LogP contribution in [0.1, 0.15) is 21.5 Å². The second kappa shape index (κ2) is 9.41. The van der Waals surface area contributed by atoms with Gasteiger partial charge in [-0.1, -0.05) is 29.8 Å². The second-order valence-electron chi connectivity index (χ2n) is 7.81. The molecule has 3 amide bonds. The molecule has 34 heavy (non-hydrogen) atoms. The highest BCUT2D eigenvalue weighted by atomic mass is 35.5. The highest BCUT2D eigenvalue weighted by Gasteiger charge is 2.39. The number of hydrogen-bond donors (Lipinski definition) is 2. The zero-order valence-electron chi connectivity index (χ0n) is 18.8. The Bertz CT molecular complexity index is 1330. The summed E-state index contributed by atoms with van der Waals surface area (Å²) < 4.78 is 5.16. The van der Waals surface area contributed by atoms with E-state index < -0.39 is 11.8 Å². The molecule has 1 aliphatic rings. The molecule has 4 rings (SSSR count). The van der Waals surface area contributed by atoms with E-state index in [0.717, 1.165) is 16.0 Å². The van der Waals surface area contributed by atoms with Gasteiger partial charge in [-0.15, -0.1) is 0 Å². The first-order chi connectivity index (χ1) is 16.3. The Hall–Kier alpha value is -4.10. The van der Waals surface area contributed by atoms with E-state index >= 15 is 0 Å². The molecule has 0 atom stereocenters. The van der Waals surface area contributed by atoms with Crippen LogP contribution in [0.5, 0.6) is 5.75 Å². The highest BCUT2D eigenvalue weighted by Crippen LogP contribution is 2.32. The van der Waals surface area contributed by atoms with Gasteiger partial charge in [0, 0.05) is 23.0 Å². The van der Waals surface area contributed by atoms with E-state index in [-0.39, 0.29) is 16.6 Å². The molecule has 0 fully saturated rings. The number of benzene rings is 3. The number of rotatable bonds is 6. The molecule has 1 aliphatic heterocycles. The summed E-state index contributed by atoms with van der Waals surface area (Å²) in [6.07, 6.45) is 0. The Morgan fingerprint density at radius 1 is 0.912 bits per heavy atom. The van der Waals surface area contributed by atoms with Crippen molar-refractivity contribution in [3.8, 4) is 5.75 Å². The molecule has 1 heterocycles. The van der Waals surface area contributed by atoms with E-state index in [1.165, 1.54) is 0 Å². The maximum absolute atomic E-state index is 13.1. The maximum atomic E-state index is 13.1. The number of carbonyl (C=O) groups is 3. The van der Waals surface area contributed by atoms with Crippen molar-refractivity contribution in [1.29, 1.82) is 0 Å². The van der Waals surface area contributed by atoms with Crippen molar-refractivity contribution in [2.24, 2.45) is 0 Å². The predicted molar refractivity (Wildman–Crippen MR) is 132 cm³/mol. The van der Waals surface area contributed by atoms with Crippen molar-refractivity contribution in [1.82, 2.24) is 0 Å². The normalized spacial score (nSPS) is 13.4. The predicted octanol–water partition coefficient (Wildman–Crippen LogP) is 5.00. The minimum absolute atomic E-state index is 0.0128. The van der Waals surface area contributed by atoms with Gasteiger partial charge in [0.05, 0.1) is 12.8 Å². The van der Waals surface area contributed by atoms with Gasteiger partial charge >= 0.3 is 0 Å². The first kappa shape index (κ1) is 23.1. The summed E-state index contributed by atoms with van der Waals surface area (Å²) in [5.41, 5.74) is 3.71. The average Bonchev–Trinajstić information content (AvgIpc) is 3.04. The number of hydrogen-bond acceptors (Lipinski definition) is 5. The topological polar surface area (TPSA) is 87.7 Å². The highest BCUT2D eigenvalue weighted by molar-refractivity contribution is 6.53. The lowest BCUT2D eigenvalue weighted by Crippen LogP contribution is -2.32. The van der Waals surface area contributed by atoms with Crippen molar-refractivity contribution in [2.45, 2.75) is 13.8 Å². The lowest BCUT2D eigenvalue weighted by molar-refractivity contribution is -0.120. The van der Waals surface area contributed by atoms with Gasteiger partial charge < -0.3 is 15.4 Å². The molecule has 0 saturated heterocycles. The number of amides is 3. The van der Waals surface area contributed by atoms with E-state index in [0.29, 0.717) is 28.4 Å². The number of ether oxygens (including phenoxy) is 1. The van der Waals surface area contributed by atoms with Gasteiger partial charge in [-0.05, 0) is 67.4 Å². The molecule has 8 heteroatoms. The summed E-state index contributed by atoms with van der Waals surface area (Å²) in [5, 5.41) is 5.54. The molecule has 0 bridgehead atoms. The Labute approximate surface area is 202 Å². The van der Waals surface area contributed by atoms with Crippen molar-refractivity contribution >= 4 is 46.4 Å². The maximum Gasteiger partial charge on any atom is 0.283 e. The number of carbonyl (C=O) groups excluding carboxylic acids is 3. The number of aryl methyl sites for hydroxylation is 2. The van der Waals surface area contributed by atoms with Gasteiger partial charge in [0.2, 0.25) is 0 Å². The van der Waals surface area contributed by atoms with E-state index in [1.54, 1.807) is 61.7 Å². The minimum Gasteiger partial charge on any atom is -0.497 e. The zero-order valence-corrected chi connectivity index (χ0v) is 19.6. The number of methoxy groups -OCH3 is 1. The minimum atomic E-state index is -0.586. The van der Waals surface area contributed by atoms with E-state index in [4.69, 9.17) is 16.3 Å². The third kappa shape index (κ3) is 4.51. The van der Waals surface area contributed by atoms with E-state index in [9.17, 15) is 14.4 Å². The van der Waals surface area contributed by atoms with Gasteiger partial charge in [0.15, 0.2) is 0 Å². The number of anilines is 3. The largest absolute Gasteiger partial charge is 0.497 e. The van der Waals surface area contributed by atoms with Crippen molar-refractivity contribution < 1.29 is 19.1 Å². The Morgan fingerprint density at radius 3 is 2.35 bits per heavy atom. The van der Waals surface area contributed by atoms with Crippen molar-refractivity contribution in [2.75, 3.05) is 22.6 Å². The van der Waals surface area contributed by atoms with Gasteiger partial charge in [-0.3, -0.25) is 14.4 Å². The Balaban J connectivity index is 1.49. The van der Waals surface area contributed by atoms with Crippen molar-refractivity contribution in [3.05, 3.63) is 94.1 Å². The summed E-state index contributed by atoms with van der Waals surface area (Å²) >= 11 is 6.24. The number of halogens is 1. The van der Waals surface area contributed by atoms with Gasteiger partial charge in [0.1, 0.15) is 16.5 Å². The van der Waals surface area contributed by atoms with E-state index in [2.05, 4.69) is 10.6 Å². The van der Waals surface area contributed by atoms with Gasteiger partial charge in [0.25, 0.3) is 17.7 Å². The number of nitrogens with one attached hydrogen (secondary N) is 2. The van der Waals surface area contributed by atoms with E-state index in [1.807, 2.05) is 26.0 Å². The van der Waals surface area contributed by atoms with Crippen LogP contribution in [-0.4, -0.2) is 24.8 Å². The van der Waals surface area contributed by atoms with Crippen LogP contribution in [0.4, 0.5) is 17.1 Å². The summed E-state index contributed by atoms with van der Waals surface area (Å²) in [7, 11) is 1.55. The summed E-state index contributed by atoms with van der Waals surface area (Å²) in [6, 6.07) is 19.0. The molecular weight excluding hydrogens is 454 g/mol. The molecule has 0 spiro atoms. The summed E-state index contributed by atoms with van der Waals surface area (Å²) in [5.74, 6) is -0.792. The fourth-order valence-corrected chi connectivity index (χ4v) is 3.76. The smallest absolute Gasteiger partial charge is 0.283 e.